The van der Waals surface area contributed by atoms with Crippen molar-refractivity contribution < 1.29 is 54.1 Å². The van der Waals surface area contributed by atoms with Crippen molar-refractivity contribution in [3.05, 3.63) is 36.7 Å². The number of nitrogens with zero attached hydrogens (tertiary/aromatic N) is 3. The quantitative estimate of drug-likeness (QED) is 0.322. The molecule has 11 nitrogen and oxygen atoms in total. The van der Waals surface area contributed by atoms with Crippen molar-refractivity contribution in [2.75, 3.05) is 38.0 Å². The second-order valence-corrected chi connectivity index (χ2v) is 10.5. The molecule has 0 amide bonds. The number of methoxy groups -OCH3 is 2. The largest absolute Gasteiger partial charge is 0.493 e. The van der Waals surface area contributed by atoms with Crippen molar-refractivity contribution in [3.63, 3.8) is 0 Å². The smallest absolute Gasteiger partial charge is 0.490 e. The zero-order chi connectivity index (χ0) is 31.5. The predicted octanol–water partition coefficient (Wildman–Crippen LogP) is 4.46. The van der Waals surface area contributed by atoms with Crippen LogP contribution in [-0.2, 0) is 14.8 Å². The average Bonchev–Trinajstić information content (AvgIpc) is 3.43. The van der Waals surface area contributed by atoms with Crippen LogP contribution in [0.1, 0.15) is 12.8 Å². The molecule has 230 valence electrons. The topological polar surface area (TPSA) is 143 Å². The molecule has 1 aromatic heterocycles. The van der Waals surface area contributed by atoms with E-state index in [0.29, 0.717) is 28.8 Å². The van der Waals surface area contributed by atoms with Crippen molar-refractivity contribution in [1.82, 2.24) is 14.7 Å². The van der Waals surface area contributed by atoms with Gasteiger partial charge in [-0.05, 0) is 44.2 Å². The third-order valence-electron chi connectivity index (χ3n) is 6.12. The lowest BCUT2D eigenvalue weighted by atomic mass is 10.1. The van der Waals surface area contributed by atoms with Gasteiger partial charge in [-0.25, -0.2) is 27.9 Å². The SMILES string of the molecule is CNS(=O)(=O)c1ccc(N2CCC[C@@H]2C(F)(F)F)c(Nc2ncnc3cc(OC)c(OC)cc23)c1.O=C(O)C(F)(F)F. The van der Waals surface area contributed by atoms with Crippen LogP contribution in [0.3, 0.4) is 0 Å². The first-order chi connectivity index (χ1) is 19.5. The van der Waals surface area contributed by atoms with Gasteiger partial charge >= 0.3 is 18.3 Å². The van der Waals surface area contributed by atoms with Gasteiger partial charge in [0.15, 0.2) is 11.5 Å². The van der Waals surface area contributed by atoms with E-state index in [1.807, 2.05) is 0 Å². The number of ether oxygens (including phenoxy) is 2. The summed E-state index contributed by atoms with van der Waals surface area (Å²) in [5, 5.41) is 10.7. The third kappa shape index (κ3) is 7.22. The molecule has 2 heterocycles. The highest BCUT2D eigenvalue weighted by Gasteiger charge is 2.46. The molecule has 2 aromatic carbocycles. The summed E-state index contributed by atoms with van der Waals surface area (Å²) in [6.07, 6.45) is -7.92. The molecule has 42 heavy (non-hydrogen) atoms. The number of hydrogen-bond acceptors (Lipinski definition) is 9. The molecule has 1 fully saturated rings. The highest BCUT2D eigenvalue weighted by molar-refractivity contribution is 7.89. The third-order valence-corrected chi connectivity index (χ3v) is 7.54. The second kappa shape index (κ2) is 12.4. The first-order valence-electron chi connectivity index (χ1n) is 11.9. The van der Waals surface area contributed by atoms with E-state index >= 15 is 0 Å². The van der Waals surface area contributed by atoms with E-state index in [1.165, 1.54) is 50.7 Å². The van der Waals surface area contributed by atoms with Crippen molar-refractivity contribution in [2.24, 2.45) is 0 Å². The number of halogens is 6. The lowest BCUT2D eigenvalue weighted by molar-refractivity contribution is -0.192. The number of nitrogens with one attached hydrogen (secondary N) is 2. The van der Waals surface area contributed by atoms with Crippen LogP contribution in [0, 0.1) is 0 Å². The first kappa shape index (κ1) is 32.5. The number of fused-ring (bicyclic) bond motifs is 1. The van der Waals surface area contributed by atoms with E-state index in [9.17, 15) is 34.8 Å². The van der Waals surface area contributed by atoms with Crippen molar-refractivity contribution in [2.45, 2.75) is 36.1 Å². The van der Waals surface area contributed by atoms with E-state index in [1.54, 1.807) is 12.1 Å². The van der Waals surface area contributed by atoms with Crippen LogP contribution in [0.2, 0.25) is 0 Å². The monoisotopic (exact) mass is 625 g/mol. The van der Waals surface area contributed by atoms with Gasteiger partial charge in [0.2, 0.25) is 10.0 Å². The second-order valence-electron chi connectivity index (χ2n) is 8.65. The maximum absolute atomic E-state index is 13.7. The van der Waals surface area contributed by atoms with Crippen LogP contribution < -0.4 is 24.4 Å². The van der Waals surface area contributed by atoms with Crippen molar-refractivity contribution in [3.8, 4) is 11.5 Å². The fourth-order valence-corrected chi connectivity index (χ4v) is 4.91. The van der Waals surface area contributed by atoms with Gasteiger partial charge in [-0.1, -0.05) is 0 Å². The summed E-state index contributed by atoms with van der Waals surface area (Å²) in [6, 6.07) is 5.55. The molecule has 3 aromatic rings. The first-order valence-corrected chi connectivity index (χ1v) is 13.4. The molecule has 1 aliphatic heterocycles. The van der Waals surface area contributed by atoms with Crippen molar-refractivity contribution in [1.29, 1.82) is 0 Å². The molecule has 1 atom stereocenters. The molecule has 0 bridgehead atoms. The van der Waals surface area contributed by atoms with E-state index in [4.69, 9.17) is 19.4 Å². The Bertz CT molecular complexity index is 1550. The Balaban J connectivity index is 0.000000616. The Morgan fingerprint density at radius 3 is 2.21 bits per heavy atom. The van der Waals surface area contributed by atoms with Gasteiger partial charge in [0.05, 0.1) is 36.0 Å². The number of benzene rings is 2. The molecule has 0 spiro atoms. The highest BCUT2D eigenvalue weighted by atomic mass is 32.2. The van der Waals surface area contributed by atoms with Gasteiger partial charge in [-0.15, -0.1) is 0 Å². The normalized spacial score (nSPS) is 15.6. The molecule has 1 saturated heterocycles. The Morgan fingerprint density at radius 1 is 1.05 bits per heavy atom. The number of hydrogen-bond donors (Lipinski definition) is 3. The molecule has 3 N–H and O–H groups in total. The molecule has 18 heteroatoms. The van der Waals surface area contributed by atoms with Gasteiger partial charge < -0.3 is 24.8 Å². The number of sulfonamides is 1. The summed E-state index contributed by atoms with van der Waals surface area (Å²) in [6.45, 7) is 0.173. The maximum atomic E-state index is 13.7. The molecule has 1 aliphatic rings. The number of aromatic nitrogens is 2. The van der Waals surface area contributed by atoms with Crippen LogP contribution in [0.25, 0.3) is 10.9 Å². The lowest BCUT2D eigenvalue weighted by Gasteiger charge is -2.30. The van der Waals surface area contributed by atoms with Crippen LogP contribution in [0.15, 0.2) is 41.6 Å². The van der Waals surface area contributed by atoms with Gasteiger partial charge in [0, 0.05) is 18.0 Å². The van der Waals surface area contributed by atoms with Gasteiger partial charge in [-0.3, -0.25) is 0 Å². The predicted molar refractivity (Wildman–Crippen MR) is 139 cm³/mol. The number of rotatable bonds is 7. The number of carboxylic acid groups (broad SMARTS) is 1. The summed E-state index contributed by atoms with van der Waals surface area (Å²) >= 11 is 0. The highest BCUT2D eigenvalue weighted by Crippen LogP contribution is 2.41. The summed E-state index contributed by atoms with van der Waals surface area (Å²) in [4.78, 5) is 18.5. The molecule has 0 radical (unpaired) electrons. The van der Waals surface area contributed by atoms with Crippen molar-refractivity contribution >= 4 is 44.1 Å². The minimum Gasteiger partial charge on any atom is -0.493 e. The zero-order valence-electron chi connectivity index (χ0n) is 22.2. The summed E-state index contributed by atoms with van der Waals surface area (Å²) in [7, 11) is 0.352. The van der Waals surface area contributed by atoms with Gasteiger partial charge in [0.25, 0.3) is 0 Å². The Morgan fingerprint density at radius 2 is 1.67 bits per heavy atom. The summed E-state index contributed by atoms with van der Waals surface area (Å²) in [5.41, 5.74) is 0.870. The van der Waals surface area contributed by atoms with Crippen LogP contribution in [0.5, 0.6) is 11.5 Å². The molecule has 4 rings (SSSR count). The number of carboxylic acids is 1. The Hall–Kier alpha value is -4.06. The van der Waals surface area contributed by atoms with E-state index in [0.717, 1.165) is 0 Å². The zero-order valence-corrected chi connectivity index (χ0v) is 23.0. The fraction of sp³-hybridized carbons (Fsp3) is 0.375. The molecular weight excluding hydrogens is 600 g/mol. The van der Waals surface area contributed by atoms with E-state index < -0.39 is 34.4 Å². The number of aliphatic carboxylic acids is 1. The number of anilines is 3. The average molecular weight is 626 g/mol. The maximum Gasteiger partial charge on any atom is 0.490 e. The Labute approximate surface area is 235 Å². The van der Waals surface area contributed by atoms with Crippen LogP contribution in [0.4, 0.5) is 43.5 Å². The standard InChI is InChI=1S/C22H24F3N5O4S.C2HF3O2/c1-26-35(31,32)13-6-7-17(30-8-4-5-20(30)22(23,24)25)16(9-13)29-21-14-10-18(33-2)19(34-3)11-15(14)27-12-28-21;3-2(4,5)1(6)7/h6-7,9-12,20,26H,4-5,8H2,1-3H3,(H,27,28,29);(H,6,7)/t20-;/m1./s1. The minimum atomic E-state index is -5.08. The van der Waals surface area contributed by atoms with Gasteiger partial charge in [-0.2, -0.15) is 26.3 Å². The molecule has 0 saturated carbocycles. The lowest BCUT2D eigenvalue weighted by Crippen LogP contribution is -2.41. The van der Waals surface area contributed by atoms with Crippen LogP contribution >= 0.6 is 0 Å². The van der Waals surface area contributed by atoms with E-state index in [2.05, 4.69) is 20.0 Å². The number of carbonyl (C=O) groups is 1. The minimum absolute atomic E-state index is 0.0487. The molecule has 0 unspecified atom stereocenters. The summed E-state index contributed by atoms with van der Waals surface area (Å²) in [5.74, 6) is -1.65. The Kier molecular flexibility index (Phi) is 9.61. The van der Waals surface area contributed by atoms with E-state index in [-0.39, 0.29) is 35.1 Å². The molecule has 0 aliphatic carbocycles. The fourth-order valence-electron chi connectivity index (χ4n) is 4.16. The molecular formula is C24H25F6N5O6S. The van der Waals surface area contributed by atoms with Gasteiger partial charge in [0.1, 0.15) is 18.2 Å². The summed E-state index contributed by atoms with van der Waals surface area (Å²) < 4.78 is 111. The number of alkyl halides is 6. The van der Waals surface area contributed by atoms with Crippen LogP contribution in [-0.4, -0.2) is 75.7 Å².